The number of hydrogen-bond donors (Lipinski definition) is 0. The van der Waals surface area contributed by atoms with Gasteiger partial charge in [-0.1, -0.05) is 19.1 Å². The zero-order valence-corrected chi connectivity index (χ0v) is 13.2. The molecule has 0 saturated carbocycles. The van der Waals surface area contributed by atoms with Gasteiger partial charge < -0.3 is 14.0 Å². The highest BCUT2D eigenvalue weighted by atomic mass is 16.5. The van der Waals surface area contributed by atoms with Gasteiger partial charge in [0.25, 0.3) is 5.56 Å². The molecule has 0 spiro atoms. The van der Waals surface area contributed by atoms with Crippen LogP contribution in [0.15, 0.2) is 47.4 Å². The molecule has 0 aliphatic heterocycles. The fourth-order valence-corrected chi connectivity index (χ4v) is 2.14. The molecule has 118 valence electrons. The molecule has 2 aromatic rings. The summed E-state index contributed by atoms with van der Waals surface area (Å²) in [5, 5.41) is 0. The highest BCUT2D eigenvalue weighted by molar-refractivity contribution is 5.27. The monoisotopic (exact) mass is 301 g/mol. The van der Waals surface area contributed by atoms with Crippen molar-refractivity contribution in [1.29, 1.82) is 0 Å². The van der Waals surface area contributed by atoms with E-state index in [2.05, 4.69) is 0 Å². The number of aromatic nitrogens is 1. The van der Waals surface area contributed by atoms with E-state index < -0.39 is 0 Å². The Hall–Kier alpha value is -2.23. The van der Waals surface area contributed by atoms with Gasteiger partial charge in [-0.15, -0.1) is 0 Å². The molecule has 4 nitrogen and oxygen atoms in total. The highest BCUT2D eigenvalue weighted by Gasteiger charge is 2.04. The number of ether oxygens (including phenoxy) is 2. The van der Waals surface area contributed by atoms with E-state index in [4.69, 9.17) is 9.47 Å². The summed E-state index contributed by atoms with van der Waals surface area (Å²) in [6, 6.07) is 11.5. The van der Waals surface area contributed by atoms with E-state index in [1.807, 2.05) is 44.2 Å². The van der Waals surface area contributed by atoms with Crippen LogP contribution >= 0.6 is 0 Å². The van der Waals surface area contributed by atoms with Crippen LogP contribution in [0.25, 0.3) is 0 Å². The maximum absolute atomic E-state index is 12.2. The second-order valence-corrected chi connectivity index (χ2v) is 5.24. The Balaban J connectivity index is 1.85. The van der Waals surface area contributed by atoms with Crippen molar-refractivity contribution < 1.29 is 9.47 Å². The van der Waals surface area contributed by atoms with Crippen molar-refractivity contribution in [3.63, 3.8) is 0 Å². The van der Waals surface area contributed by atoms with Gasteiger partial charge in [-0.25, -0.2) is 0 Å². The third-order valence-corrected chi connectivity index (χ3v) is 3.25. The largest absolute Gasteiger partial charge is 0.494 e. The van der Waals surface area contributed by atoms with E-state index in [0.717, 1.165) is 18.6 Å². The molecule has 0 unspecified atom stereocenters. The molecule has 0 fully saturated rings. The van der Waals surface area contributed by atoms with Crippen LogP contribution in [-0.2, 0) is 6.54 Å². The zero-order valence-electron chi connectivity index (χ0n) is 13.2. The molecule has 0 N–H and O–H groups in total. The first-order chi connectivity index (χ1) is 10.7. The summed E-state index contributed by atoms with van der Waals surface area (Å²) >= 11 is 0. The predicted octanol–water partition coefficient (Wildman–Crippen LogP) is 3.41. The van der Waals surface area contributed by atoms with E-state index in [1.54, 1.807) is 16.8 Å². The average molecular weight is 301 g/mol. The maximum Gasteiger partial charge on any atom is 0.292 e. The second kappa shape index (κ2) is 8.27. The van der Waals surface area contributed by atoms with Gasteiger partial charge in [0, 0.05) is 12.7 Å². The van der Waals surface area contributed by atoms with Gasteiger partial charge in [0.05, 0.1) is 13.2 Å². The molecule has 0 amide bonds. The van der Waals surface area contributed by atoms with E-state index in [-0.39, 0.29) is 5.56 Å². The highest BCUT2D eigenvalue weighted by Crippen LogP contribution is 2.12. The fourth-order valence-electron chi connectivity index (χ4n) is 2.14. The molecule has 0 bridgehead atoms. The maximum atomic E-state index is 12.2. The van der Waals surface area contributed by atoms with Crippen molar-refractivity contribution in [2.45, 2.75) is 33.2 Å². The van der Waals surface area contributed by atoms with Crippen molar-refractivity contribution in [2.75, 3.05) is 13.2 Å². The minimum atomic E-state index is -0.0773. The van der Waals surface area contributed by atoms with E-state index >= 15 is 0 Å². The Morgan fingerprint density at radius 3 is 2.73 bits per heavy atom. The Morgan fingerprint density at radius 2 is 1.95 bits per heavy atom. The Labute approximate surface area is 131 Å². The SMILES string of the molecule is CCCOc1cccn(CCCOc2cccc(C)c2)c1=O. The number of hydrogen-bond acceptors (Lipinski definition) is 3. The minimum Gasteiger partial charge on any atom is -0.494 e. The zero-order chi connectivity index (χ0) is 15.8. The average Bonchev–Trinajstić information content (AvgIpc) is 2.52. The van der Waals surface area contributed by atoms with E-state index in [9.17, 15) is 4.79 Å². The van der Waals surface area contributed by atoms with Gasteiger partial charge in [-0.05, 0) is 49.6 Å². The lowest BCUT2D eigenvalue weighted by Crippen LogP contribution is -2.22. The number of rotatable bonds is 8. The van der Waals surface area contributed by atoms with Gasteiger partial charge in [-0.3, -0.25) is 4.79 Å². The normalized spacial score (nSPS) is 10.5. The molecule has 4 heteroatoms. The smallest absolute Gasteiger partial charge is 0.292 e. The second-order valence-electron chi connectivity index (χ2n) is 5.24. The number of pyridine rings is 1. The fraction of sp³-hybridized carbons (Fsp3) is 0.389. The van der Waals surface area contributed by atoms with Crippen LogP contribution in [0.4, 0.5) is 0 Å². The molecule has 0 atom stereocenters. The molecule has 1 aromatic heterocycles. The van der Waals surface area contributed by atoms with Crippen LogP contribution in [0.1, 0.15) is 25.3 Å². The van der Waals surface area contributed by atoms with Crippen molar-refractivity contribution in [3.05, 3.63) is 58.5 Å². The lowest BCUT2D eigenvalue weighted by Gasteiger charge is -2.10. The number of aryl methyl sites for hydroxylation is 2. The van der Waals surface area contributed by atoms with Gasteiger partial charge >= 0.3 is 0 Å². The molecular weight excluding hydrogens is 278 g/mol. The molecule has 2 rings (SSSR count). The summed E-state index contributed by atoms with van der Waals surface area (Å²) < 4.78 is 12.8. The molecule has 1 heterocycles. The Bertz CT molecular complexity index is 649. The molecule has 0 aliphatic rings. The standard InChI is InChI=1S/C18H23NO3/c1-3-12-22-17-9-5-10-19(18(17)20)11-6-13-21-16-8-4-7-15(2)14-16/h4-5,7-10,14H,3,6,11-13H2,1-2H3. The van der Waals surface area contributed by atoms with Crippen molar-refractivity contribution >= 4 is 0 Å². The first-order valence-electron chi connectivity index (χ1n) is 7.72. The first-order valence-corrected chi connectivity index (χ1v) is 7.72. The predicted molar refractivity (Wildman–Crippen MR) is 87.8 cm³/mol. The molecular formula is C18H23NO3. The lowest BCUT2D eigenvalue weighted by molar-refractivity contribution is 0.295. The van der Waals surface area contributed by atoms with Gasteiger partial charge in [-0.2, -0.15) is 0 Å². The van der Waals surface area contributed by atoms with Gasteiger partial charge in [0.2, 0.25) is 0 Å². The minimum absolute atomic E-state index is 0.0773. The third kappa shape index (κ3) is 4.65. The van der Waals surface area contributed by atoms with Crippen LogP contribution in [0.2, 0.25) is 0 Å². The Morgan fingerprint density at radius 1 is 1.09 bits per heavy atom. The first kappa shape index (κ1) is 16.1. The van der Waals surface area contributed by atoms with Crippen molar-refractivity contribution in [1.82, 2.24) is 4.57 Å². The Kier molecular flexibility index (Phi) is 6.07. The molecule has 0 aliphatic carbocycles. The van der Waals surface area contributed by atoms with Crippen molar-refractivity contribution in [2.24, 2.45) is 0 Å². The summed E-state index contributed by atoms with van der Waals surface area (Å²) in [7, 11) is 0. The molecule has 22 heavy (non-hydrogen) atoms. The van der Waals surface area contributed by atoms with E-state index in [1.165, 1.54) is 5.56 Å². The van der Waals surface area contributed by atoms with Crippen molar-refractivity contribution in [3.8, 4) is 11.5 Å². The summed E-state index contributed by atoms with van der Waals surface area (Å²) in [5.41, 5.74) is 1.10. The number of nitrogens with zero attached hydrogens (tertiary/aromatic N) is 1. The van der Waals surface area contributed by atoms with Crippen LogP contribution < -0.4 is 15.0 Å². The topological polar surface area (TPSA) is 40.5 Å². The molecule has 0 saturated heterocycles. The van der Waals surface area contributed by atoms with Crippen LogP contribution in [0, 0.1) is 6.92 Å². The molecule has 0 radical (unpaired) electrons. The lowest BCUT2D eigenvalue weighted by atomic mass is 10.2. The van der Waals surface area contributed by atoms with Gasteiger partial charge in [0.1, 0.15) is 5.75 Å². The van der Waals surface area contributed by atoms with E-state index in [0.29, 0.717) is 25.5 Å². The summed E-state index contributed by atoms with van der Waals surface area (Å²) in [5.74, 6) is 1.29. The summed E-state index contributed by atoms with van der Waals surface area (Å²) in [6.45, 7) is 5.82. The third-order valence-electron chi connectivity index (χ3n) is 3.25. The quantitative estimate of drug-likeness (QED) is 0.702. The summed E-state index contributed by atoms with van der Waals surface area (Å²) in [6.07, 6.45) is 3.44. The van der Waals surface area contributed by atoms with Crippen LogP contribution in [0.5, 0.6) is 11.5 Å². The summed E-state index contributed by atoms with van der Waals surface area (Å²) in [4.78, 5) is 12.2. The van der Waals surface area contributed by atoms with Crippen LogP contribution in [0.3, 0.4) is 0 Å². The molecule has 1 aromatic carbocycles. The van der Waals surface area contributed by atoms with Gasteiger partial charge in [0.15, 0.2) is 5.75 Å². The van der Waals surface area contributed by atoms with Crippen LogP contribution in [-0.4, -0.2) is 17.8 Å². The number of benzene rings is 1.